The first-order valence-electron chi connectivity index (χ1n) is 9.39. The van der Waals surface area contributed by atoms with Gasteiger partial charge < -0.3 is 15.1 Å². The lowest BCUT2D eigenvalue weighted by atomic mass is 10.0. The van der Waals surface area contributed by atoms with Crippen molar-refractivity contribution >= 4 is 5.91 Å². The Balaban J connectivity index is 1.73. The molecule has 0 radical (unpaired) electrons. The van der Waals surface area contributed by atoms with Gasteiger partial charge in [0.1, 0.15) is 32.2 Å². The topological polar surface area (TPSA) is 38.0 Å². The minimum Gasteiger partial charge on any atom is -0.346 e. The second-order valence-electron chi connectivity index (χ2n) is 7.42. The van der Waals surface area contributed by atoms with E-state index in [0.29, 0.717) is 6.54 Å². The minimum atomic E-state index is -1.01. The molecule has 0 saturated carbocycles. The van der Waals surface area contributed by atoms with E-state index in [0.717, 1.165) is 38.3 Å². The molecule has 1 aliphatic heterocycles. The fourth-order valence-corrected chi connectivity index (χ4v) is 3.58. The highest BCUT2D eigenvalue weighted by Gasteiger charge is 2.29. The van der Waals surface area contributed by atoms with Gasteiger partial charge in [-0.3, -0.25) is 4.79 Å². The molecule has 3 N–H and O–H groups in total. The predicted molar refractivity (Wildman–Crippen MR) is 99.9 cm³/mol. The number of piperazine rings is 1. The van der Waals surface area contributed by atoms with E-state index in [9.17, 15) is 13.6 Å². The van der Waals surface area contributed by atoms with E-state index < -0.39 is 11.6 Å². The molecule has 0 aliphatic carbocycles. The van der Waals surface area contributed by atoms with Gasteiger partial charge in [-0.2, -0.15) is 0 Å². The molecule has 0 unspecified atom stereocenters. The van der Waals surface area contributed by atoms with Crippen molar-refractivity contribution in [3.05, 3.63) is 70.8 Å². The Morgan fingerprint density at radius 2 is 1.70 bits per heavy atom. The number of hydrogen-bond donors (Lipinski definition) is 3. The number of carbonyl (C=O) groups is 1. The minimum absolute atomic E-state index is 0.132. The van der Waals surface area contributed by atoms with Crippen LogP contribution in [0.2, 0.25) is 0 Å². The Hall–Kier alpha value is -2.31. The van der Waals surface area contributed by atoms with Gasteiger partial charge in [0.15, 0.2) is 11.6 Å². The first kappa shape index (κ1) is 19.5. The molecule has 1 amide bonds. The zero-order valence-electron chi connectivity index (χ0n) is 15.8. The summed E-state index contributed by atoms with van der Waals surface area (Å²) in [6.07, 6.45) is 0. The molecule has 1 saturated heterocycles. The van der Waals surface area contributed by atoms with Gasteiger partial charge in [-0.25, -0.2) is 8.78 Å². The summed E-state index contributed by atoms with van der Waals surface area (Å²) in [5, 5.41) is 2.91. The highest BCUT2D eigenvalue weighted by Crippen LogP contribution is 2.12. The Morgan fingerprint density at radius 3 is 2.33 bits per heavy atom. The maximum atomic E-state index is 13.4. The molecule has 1 aliphatic rings. The zero-order chi connectivity index (χ0) is 19.4. The largest absolute Gasteiger partial charge is 0.346 e. The summed E-state index contributed by atoms with van der Waals surface area (Å²) in [7, 11) is 2.20. The van der Waals surface area contributed by atoms with Crippen LogP contribution in [0, 0.1) is 18.6 Å². The van der Waals surface area contributed by atoms with Crippen molar-refractivity contribution < 1.29 is 23.4 Å². The number of nitrogens with one attached hydrogen (secondary N) is 3. The highest BCUT2D eigenvalue weighted by atomic mass is 19.2. The fraction of sp³-hybridized carbons (Fsp3) is 0.381. The van der Waals surface area contributed by atoms with Gasteiger partial charge in [0.25, 0.3) is 5.91 Å². The van der Waals surface area contributed by atoms with Gasteiger partial charge in [0.2, 0.25) is 0 Å². The summed E-state index contributed by atoms with van der Waals surface area (Å²) < 4.78 is 26.5. The molecule has 2 aromatic rings. The Morgan fingerprint density at radius 1 is 1.04 bits per heavy atom. The van der Waals surface area contributed by atoms with Crippen molar-refractivity contribution in [1.82, 2.24) is 5.32 Å². The summed E-state index contributed by atoms with van der Waals surface area (Å²) in [4.78, 5) is 15.4. The maximum Gasteiger partial charge on any atom is 0.251 e. The van der Waals surface area contributed by atoms with E-state index in [1.807, 2.05) is 0 Å². The number of aryl methyl sites for hydroxylation is 1. The number of carbonyl (C=O) groups excluding carboxylic acids is 1. The second kappa shape index (κ2) is 8.59. The van der Waals surface area contributed by atoms with Crippen LogP contribution in [-0.4, -0.2) is 45.7 Å². The molecule has 6 heteroatoms. The molecule has 0 spiro atoms. The number of quaternary nitrogens is 2. The van der Waals surface area contributed by atoms with E-state index in [2.05, 4.69) is 43.6 Å². The summed E-state index contributed by atoms with van der Waals surface area (Å²) in [6, 6.07) is 11.8. The van der Waals surface area contributed by atoms with Crippen molar-refractivity contribution in [2.75, 3.05) is 39.8 Å². The second-order valence-corrected chi connectivity index (χ2v) is 7.42. The lowest BCUT2D eigenvalue weighted by molar-refractivity contribution is -1.02. The van der Waals surface area contributed by atoms with E-state index in [-0.39, 0.29) is 17.5 Å². The van der Waals surface area contributed by atoms with E-state index in [1.165, 1.54) is 27.0 Å². The lowest BCUT2D eigenvalue weighted by Gasteiger charge is -2.33. The monoisotopic (exact) mass is 375 g/mol. The van der Waals surface area contributed by atoms with Crippen molar-refractivity contribution in [3.8, 4) is 0 Å². The third-order valence-electron chi connectivity index (χ3n) is 5.37. The summed E-state index contributed by atoms with van der Waals surface area (Å²) in [5.74, 6) is -2.34. The van der Waals surface area contributed by atoms with Gasteiger partial charge in [-0.1, -0.05) is 29.8 Å². The number of likely N-dealkylation sites (N-methyl/N-ethyl adjacent to an activating group) is 1. The van der Waals surface area contributed by atoms with Crippen LogP contribution in [-0.2, 0) is 0 Å². The summed E-state index contributed by atoms with van der Waals surface area (Å²) in [5.41, 5.74) is 2.51. The number of halogens is 2. The molecule has 4 nitrogen and oxygen atoms in total. The maximum absolute atomic E-state index is 13.4. The van der Waals surface area contributed by atoms with Crippen molar-refractivity contribution in [2.45, 2.75) is 13.0 Å². The predicted octanol–water partition coefficient (Wildman–Crippen LogP) is 0.158. The first-order valence-corrected chi connectivity index (χ1v) is 9.39. The molecule has 27 heavy (non-hydrogen) atoms. The van der Waals surface area contributed by atoms with Gasteiger partial charge >= 0.3 is 0 Å². The molecule has 0 bridgehead atoms. The number of hydrogen-bond acceptors (Lipinski definition) is 1. The van der Waals surface area contributed by atoms with Gasteiger partial charge in [-0.05, 0) is 25.1 Å². The molecular weight excluding hydrogens is 348 g/mol. The first-order chi connectivity index (χ1) is 12.9. The Bertz CT molecular complexity index is 787. The van der Waals surface area contributed by atoms with Gasteiger partial charge in [-0.15, -0.1) is 0 Å². The highest BCUT2D eigenvalue weighted by molar-refractivity contribution is 5.94. The molecule has 2 aromatic carbocycles. The smallest absolute Gasteiger partial charge is 0.251 e. The molecular formula is C21H27F2N3O+2. The molecule has 144 valence electrons. The van der Waals surface area contributed by atoms with Crippen LogP contribution in [0.3, 0.4) is 0 Å². The average Bonchev–Trinajstić information content (AvgIpc) is 2.66. The van der Waals surface area contributed by atoms with E-state index >= 15 is 0 Å². The normalized spacial score (nSPS) is 20.9. The third kappa shape index (κ3) is 4.90. The third-order valence-corrected chi connectivity index (χ3v) is 5.37. The lowest BCUT2D eigenvalue weighted by Crippen LogP contribution is -3.27. The van der Waals surface area contributed by atoms with Crippen LogP contribution in [0.25, 0.3) is 0 Å². The standard InChI is InChI=1S/C21H25F2N3O/c1-15-3-5-16(6-4-15)20(26-11-9-25(2)10-12-26)14-24-21(27)17-7-8-18(22)19(23)13-17/h3-8,13,20H,9-12,14H2,1-2H3,(H,24,27)/p+2/t20-/m0/s1. The SMILES string of the molecule is Cc1ccc([C@H](CNC(=O)c2ccc(F)c(F)c2)[NH+]2CC[NH+](C)CC2)cc1. The molecule has 3 rings (SSSR count). The van der Waals surface area contributed by atoms with Crippen LogP contribution in [0.15, 0.2) is 42.5 Å². The Labute approximate surface area is 158 Å². The van der Waals surface area contributed by atoms with Crippen molar-refractivity contribution in [1.29, 1.82) is 0 Å². The average molecular weight is 375 g/mol. The number of benzene rings is 2. The van der Waals surface area contributed by atoms with Crippen LogP contribution >= 0.6 is 0 Å². The van der Waals surface area contributed by atoms with Gasteiger partial charge in [0, 0.05) is 11.1 Å². The quantitative estimate of drug-likeness (QED) is 0.684. The fourth-order valence-electron chi connectivity index (χ4n) is 3.58. The van der Waals surface area contributed by atoms with Crippen LogP contribution in [0.5, 0.6) is 0 Å². The van der Waals surface area contributed by atoms with E-state index in [4.69, 9.17) is 0 Å². The van der Waals surface area contributed by atoms with Crippen LogP contribution in [0.1, 0.15) is 27.5 Å². The van der Waals surface area contributed by atoms with Crippen molar-refractivity contribution in [3.63, 3.8) is 0 Å². The molecule has 1 atom stereocenters. The van der Waals surface area contributed by atoms with Crippen LogP contribution < -0.4 is 15.1 Å². The zero-order valence-corrected chi connectivity index (χ0v) is 15.8. The summed E-state index contributed by atoms with van der Waals surface area (Å²) >= 11 is 0. The molecule has 1 heterocycles. The van der Waals surface area contributed by atoms with E-state index in [1.54, 1.807) is 0 Å². The Kier molecular flexibility index (Phi) is 6.19. The molecule has 1 fully saturated rings. The summed E-state index contributed by atoms with van der Waals surface area (Å²) in [6.45, 7) is 6.76. The number of rotatable bonds is 5. The number of amides is 1. The van der Waals surface area contributed by atoms with Crippen LogP contribution in [0.4, 0.5) is 8.78 Å². The van der Waals surface area contributed by atoms with Crippen molar-refractivity contribution in [2.24, 2.45) is 0 Å². The van der Waals surface area contributed by atoms with Gasteiger partial charge in [0.05, 0.1) is 13.6 Å². The molecule has 0 aromatic heterocycles.